The second kappa shape index (κ2) is 9.74. The molecule has 31 heavy (non-hydrogen) atoms. The van der Waals surface area contributed by atoms with Crippen molar-refractivity contribution in [2.75, 3.05) is 0 Å². The van der Waals surface area contributed by atoms with Crippen LogP contribution in [0.15, 0.2) is 77.8 Å². The van der Waals surface area contributed by atoms with Crippen LogP contribution in [0.25, 0.3) is 0 Å². The standard InChI is InChI=1S/C28H29NO2/c1-20-3-9-23(10-4-20)24-13-15-26(16-14-24)29-19-22-7-17-27(18-8-22)31-28(30)25-11-5-21(2)6-12-25/h5-8,11-20,23H,3-4,9-10H2,1-2H3. The van der Waals surface area contributed by atoms with Crippen LogP contribution in [-0.4, -0.2) is 12.2 Å². The summed E-state index contributed by atoms with van der Waals surface area (Å²) in [5.41, 5.74) is 5.00. The van der Waals surface area contributed by atoms with Gasteiger partial charge in [0.05, 0.1) is 11.3 Å². The second-order valence-corrected chi connectivity index (χ2v) is 8.63. The molecule has 0 aromatic heterocycles. The summed E-state index contributed by atoms with van der Waals surface area (Å²) in [6.45, 7) is 4.34. The fraction of sp³-hybridized carbons (Fsp3) is 0.286. The van der Waals surface area contributed by atoms with Gasteiger partial charge in [-0.15, -0.1) is 0 Å². The molecule has 1 aliphatic carbocycles. The van der Waals surface area contributed by atoms with Gasteiger partial charge in [0.25, 0.3) is 0 Å². The van der Waals surface area contributed by atoms with E-state index in [0.717, 1.165) is 22.7 Å². The molecule has 1 aliphatic rings. The lowest BCUT2D eigenvalue weighted by Gasteiger charge is -2.26. The smallest absolute Gasteiger partial charge is 0.343 e. The van der Waals surface area contributed by atoms with E-state index in [0.29, 0.717) is 17.2 Å². The molecular formula is C28H29NO2. The zero-order valence-electron chi connectivity index (χ0n) is 18.3. The topological polar surface area (TPSA) is 38.7 Å². The van der Waals surface area contributed by atoms with Crippen LogP contribution in [0.1, 0.15) is 65.6 Å². The first-order valence-corrected chi connectivity index (χ1v) is 11.1. The van der Waals surface area contributed by atoms with E-state index in [1.165, 1.54) is 31.2 Å². The molecule has 0 aliphatic heterocycles. The minimum atomic E-state index is -0.353. The molecule has 3 aromatic carbocycles. The lowest BCUT2D eigenvalue weighted by Crippen LogP contribution is -2.10. The molecule has 4 rings (SSSR count). The molecule has 0 N–H and O–H groups in total. The largest absolute Gasteiger partial charge is 0.423 e. The number of aryl methyl sites for hydroxylation is 1. The molecule has 0 spiro atoms. The number of benzene rings is 3. The Labute approximate surface area is 184 Å². The Kier molecular flexibility index (Phi) is 6.61. The van der Waals surface area contributed by atoms with E-state index in [1.54, 1.807) is 24.3 Å². The summed E-state index contributed by atoms with van der Waals surface area (Å²) in [6, 6.07) is 23.4. The third-order valence-electron chi connectivity index (χ3n) is 6.12. The van der Waals surface area contributed by atoms with Gasteiger partial charge in [-0.25, -0.2) is 4.79 Å². The summed E-state index contributed by atoms with van der Waals surface area (Å²) < 4.78 is 5.45. The Morgan fingerprint density at radius 1 is 0.871 bits per heavy atom. The SMILES string of the molecule is Cc1ccc(C(=O)Oc2ccc(C=Nc3ccc(C4CCC(C)CC4)cc3)cc2)cc1. The number of carbonyl (C=O) groups is 1. The maximum atomic E-state index is 12.2. The Hall–Kier alpha value is -3.20. The highest BCUT2D eigenvalue weighted by Gasteiger charge is 2.19. The molecular weight excluding hydrogens is 382 g/mol. The van der Waals surface area contributed by atoms with E-state index < -0.39 is 0 Å². The van der Waals surface area contributed by atoms with E-state index in [2.05, 4.69) is 36.2 Å². The van der Waals surface area contributed by atoms with Gasteiger partial charge in [-0.2, -0.15) is 0 Å². The highest BCUT2D eigenvalue weighted by Crippen LogP contribution is 2.35. The number of esters is 1. The van der Waals surface area contributed by atoms with Crippen LogP contribution < -0.4 is 4.74 Å². The summed E-state index contributed by atoms with van der Waals surface area (Å²) >= 11 is 0. The summed E-state index contributed by atoms with van der Waals surface area (Å²) in [4.78, 5) is 16.8. The predicted molar refractivity (Wildman–Crippen MR) is 127 cm³/mol. The lowest BCUT2D eigenvalue weighted by atomic mass is 9.79. The average Bonchev–Trinajstić information content (AvgIpc) is 2.80. The Morgan fingerprint density at radius 2 is 1.52 bits per heavy atom. The van der Waals surface area contributed by atoms with Crippen molar-refractivity contribution in [1.82, 2.24) is 0 Å². The maximum absolute atomic E-state index is 12.2. The van der Waals surface area contributed by atoms with Crippen molar-refractivity contribution >= 4 is 17.9 Å². The lowest BCUT2D eigenvalue weighted by molar-refractivity contribution is 0.0735. The van der Waals surface area contributed by atoms with Crippen LogP contribution >= 0.6 is 0 Å². The first-order valence-electron chi connectivity index (χ1n) is 11.1. The molecule has 3 aromatic rings. The van der Waals surface area contributed by atoms with E-state index in [-0.39, 0.29) is 5.97 Å². The third kappa shape index (κ3) is 5.69. The molecule has 0 heterocycles. The van der Waals surface area contributed by atoms with Crippen molar-refractivity contribution in [2.24, 2.45) is 10.9 Å². The van der Waals surface area contributed by atoms with Gasteiger partial charge in [-0.05, 0) is 91.3 Å². The van der Waals surface area contributed by atoms with Crippen LogP contribution in [0.3, 0.4) is 0 Å². The zero-order valence-corrected chi connectivity index (χ0v) is 18.3. The van der Waals surface area contributed by atoms with Crippen LogP contribution in [0.2, 0.25) is 0 Å². The number of aliphatic imine (C=N–C) groups is 1. The third-order valence-corrected chi connectivity index (χ3v) is 6.12. The van der Waals surface area contributed by atoms with Gasteiger partial charge in [-0.3, -0.25) is 4.99 Å². The van der Waals surface area contributed by atoms with Crippen molar-refractivity contribution in [3.63, 3.8) is 0 Å². The van der Waals surface area contributed by atoms with Gasteiger partial charge in [0.15, 0.2) is 0 Å². The van der Waals surface area contributed by atoms with Gasteiger partial charge in [0.1, 0.15) is 5.75 Å². The van der Waals surface area contributed by atoms with E-state index in [4.69, 9.17) is 4.74 Å². The maximum Gasteiger partial charge on any atom is 0.343 e. The molecule has 3 nitrogen and oxygen atoms in total. The van der Waals surface area contributed by atoms with Crippen LogP contribution in [0.5, 0.6) is 5.75 Å². The summed E-state index contributed by atoms with van der Waals surface area (Å²) in [5.74, 6) is 1.74. The van der Waals surface area contributed by atoms with Gasteiger partial charge in [0.2, 0.25) is 0 Å². The first-order chi connectivity index (χ1) is 15.1. The minimum absolute atomic E-state index is 0.353. The Morgan fingerprint density at radius 3 is 2.16 bits per heavy atom. The molecule has 158 valence electrons. The Bertz CT molecular complexity index is 1030. The van der Waals surface area contributed by atoms with Crippen molar-refractivity contribution in [3.8, 4) is 5.75 Å². The number of nitrogens with zero attached hydrogens (tertiary/aromatic N) is 1. The molecule has 0 atom stereocenters. The molecule has 0 amide bonds. The summed E-state index contributed by atoms with van der Waals surface area (Å²) in [6.07, 6.45) is 7.10. The predicted octanol–water partition coefficient (Wildman–Crippen LogP) is 7.26. The van der Waals surface area contributed by atoms with Gasteiger partial charge < -0.3 is 4.74 Å². The zero-order chi connectivity index (χ0) is 21.6. The van der Waals surface area contributed by atoms with Crippen molar-refractivity contribution in [3.05, 3.63) is 95.1 Å². The van der Waals surface area contributed by atoms with Crippen molar-refractivity contribution in [1.29, 1.82) is 0 Å². The molecule has 0 radical (unpaired) electrons. The fourth-order valence-corrected chi connectivity index (χ4v) is 4.05. The fourth-order valence-electron chi connectivity index (χ4n) is 4.05. The number of rotatable bonds is 5. The quantitative estimate of drug-likeness (QED) is 0.252. The number of hydrogen-bond acceptors (Lipinski definition) is 3. The molecule has 3 heteroatoms. The van der Waals surface area contributed by atoms with E-state index in [1.807, 2.05) is 37.4 Å². The van der Waals surface area contributed by atoms with Crippen molar-refractivity contribution < 1.29 is 9.53 Å². The van der Waals surface area contributed by atoms with Gasteiger partial charge >= 0.3 is 5.97 Å². The monoisotopic (exact) mass is 411 g/mol. The van der Waals surface area contributed by atoms with Crippen molar-refractivity contribution in [2.45, 2.75) is 45.4 Å². The first kappa shape index (κ1) is 21.0. The van der Waals surface area contributed by atoms with Crippen LogP contribution in [0.4, 0.5) is 5.69 Å². The average molecular weight is 412 g/mol. The highest BCUT2D eigenvalue weighted by molar-refractivity contribution is 5.91. The van der Waals surface area contributed by atoms with E-state index in [9.17, 15) is 4.79 Å². The van der Waals surface area contributed by atoms with Gasteiger partial charge in [-0.1, -0.05) is 49.6 Å². The number of ether oxygens (including phenoxy) is 1. The highest BCUT2D eigenvalue weighted by atomic mass is 16.5. The molecule has 1 saturated carbocycles. The second-order valence-electron chi connectivity index (χ2n) is 8.63. The van der Waals surface area contributed by atoms with Crippen LogP contribution in [0, 0.1) is 12.8 Å². The minimum Gasteiger partial charge on any atom is -0.423 e. The summed E-state index contributed by atoms with van der Waals surface area (Å²) in [7, 11) is 0. The normalized spacial score (nSPS) is 18.8. The van der Waals surface area contributed by atoms with Gasteiger partial charge in [0, 0.05) is 6.21 Å². The molecule has 0 bridgehead atoms. The van der Waals surface area contributed by atoms with E-state index >= 15 is 0 Å². The molecule has 0 saturated heterocycles. The Balaban J connectivity index is 1.34. The van der Waals surface area contributed by atoms with Crippen LogP contribution in [-0.2, 0) is 0 Å². The molecule has 0 unspecified atom stereocenters. The summed E-state index contributed by atoms with van der Waals surface area (Å²) in [5, 5.41) is 0. The number of carbonyl (C=O) groups excluding carboxylic acids is 1. The number of hydrogen-bond donors (Lipinski definition) is 0. The molecule has 1 fully saturated rings.